The number of unbranched alkanes of at least 4 members (excludes halogenated alkanes) is 1. The number of hydrogen-bond acceptors (Lipinski definition) is 6. The van der Waals surface area contributed by atoms with E-state index in [1.807, 2.05) is 0 Å². The number of rotatable bonds is 11. The summed E-state index contributed by atoms with van der Waals surface area (Å²) in [4.78, 5) is -0.369. The first-order chi connectivity index (χ1) is 11.2. The van der Waals surface area contributed by atoms with E-state index in [9.17, 15) is 16.8 Å². The largest absolute Gasteiger partial charge is 0.495 e. The molecule has 0 radical (unpaired) electrons. The van der Waals surface area contributed by atoms with E-state index in [1.165, 1.54) is 13.2 Å². The Kier molecular flexibility index (Phi) is 8.10. The first-order valence-electron chi connectivity index (χ1n) is 7.50. The molecule has 1 aromatic rings. The van der Waals surface area contributed by atoms with Crippen LogP contribution < -0.4 is 14.6 Å². The molecule has 1 rings (SSSR count). The molecule has 0 heterocycles. The molecule has 0 bridgehead atoms. The minimum absolute atomic E-state index is 0.0985. The van der Waals surface area contributed by atoms with E-state index in [2.05, 4.69) is 11.6 Å². The maximum absolute atomic E-state index is 12.2. The van der Waals surface area contributed by atoms with Crippen molar-refractivity contribution in [3.8, 4) is 5.75 Å². The molecule has 0 aliphatic rings. The van der Waals surface area contributed by atoms with Gasteiger partial charge >= 0.3 is 0 Å². The van der Waals surface area contributed by atoms with Crippen LogP contribution in [0.4, 0.5) is 0 Å². The molecule has 0 atom stereocenters. The topological polar surface area (TPSA) is 125 Å². The van der Waals surface area contributed by atoms with Crippen LogP contribution in [0.25, 0.3) is 0 Å². The number of nitrogens with one attached hydrogen (secondary N) is 1. The monoisotopic (exact) mass is 380 g/mol. The fourth-order valence-corrected chi connectivity index (χ4v) is 3.63. The molecule has 0 amide bonds. The van der Waals surface area contributed by atoms with Crippen LogP contribution in [0, 0.1) is 0 Å². The van der Waals surface area contributed by atoms with E-state index in [4.69, 9.17) is 14.6 Å². The van der Waals surface area contributed by atoms with Crippen molar-refractivity contribution in [3.05, 3.63) is 18.2 Å². The van der Waals surface area contributed by atoms with Crippen molar-refractivity contribution < 1.29 is 26.3 Å². The molecule has 3 N–H and O–H groups in total. The molecule has 0 unspecified atom stereocenters. The predicted molar refractivity (Wildman–Crippen MR) is 89.9 cm³/mol. The lowest BCUT2D eigenvalue weighted by Gasteiger charge is -2.11. The van der Waals surface area contributed by atoms with Gasteiger partial charge in [-0.25, -0.2) is 26.7 Å². The Hall–Kier alpha value is -1.20. The third kappa shape index (κ3) is 6.36. The standard InChI is InChI=1S/C14H24N2O6S2/c1-3-4-9-22-10-5-8-16-24(19,20)12-6-7-14(23(15,17)18)13(11-12)21-2/h6-7,11,16H,3-5,8-10H2,1-2H3,(H2,15,17,18). The predicted octanol–water partition coefficient (Wildman–Crippen LogP) is 0.828. The highest BCUT2D eigenvalue weighted by molar-refractivity contribution is 7.89. The van der Waals surface area contributed by atoms with E-state index in [0.717, 1.165) is 25.0 Å². The average molecular weight is 380 g/mol. The summed E-state index contributed by atoms with van der Waals surface area (Å²) in [6.07, 6.45) is 2.56. The highest BCUT2D eigenvalue weighted by atomic mass is 32.2. The molecule has 24 heavy (non-hydrogen) atoms. The van der Waals surface area contributed by atoms with Gasteiger partial charge in [0.25, 0.3) is 0 Å². The van der Waals surface area contributed by atoms with E-state index in [1.54, 1.807) is 0 Å². The Labute approximate surface area is 143 Å². The molecular weight excluding hydrogens is 356 g/mol. The van der Waals surface area contributed by atoms with Crippen molar-refractivity contribution >= 4 is 20.0 Å². The van der Waals surface area contributed by atoms with Crippen molar-refractivity contribution in [2.45, 2.75) is 36.0 Å². The van der Waals surface area contributed by atoms with E-state index in [-0.39, 0.29) is 22.1 Å². The normalized spacial score (nSPS) is 12.3. The molecule has 1 aromatic carbocycles. The van der Waals surface area contributed by atoms with Gasteiger partial charge in [0.2, 0.25) is 20.0 Å². The Bertz CT molecular complexity index is 732. The summed E-state index contributed by atoms with van der Waals surface area (Å²) in [5.41, 5.74) is 0. The van der Waals surface area contributed by atoms with Crippen LogP contribution >= 0.6 is 0 Å². The lowest BCUT2D eigenvalue weighted by atomic mass is 10.3. The maximum atomic E-state index is 12.2. The SMILES string of the molecule is CCCCOCCCNS(=O)(=O)c1ccc(S(N)(=O)=O)c(OC)c1. The van der Waals surface area contributed by atoms with Gasteiger partial charge in [-0.3, -0.25) is 0 Å². The fraction of sp³-hybridized carbons (Fsp3) is 0.571. The highest BCUT2D eigenvalue weighted by Crippen LogP contribution is 2.25. The van der Waals surface area contributed by atoms with E-state index >= 15 is 0 Å². The Balaban J connectivity index is 2.71. The Morgan fingerprint density at radius 3 is 2.38 bits per heavy atom. The third-order valence-corrected chi connectivity index (χ3v) is 5.56. The van der Waals surface area contributed by atoms with Crippen LogP contribution in [0.5, 0.6) is 5.75 Å². The summed E-state index contributed by atoms with van der Waals surface area (Å²) in [6, 6.07) is 3.40. The van der Waals surface area contributed by atoms with Crippen LogP contribution in [0.1, 0.15) is 26.2 Å². The minimum Gasteiger partial charge on any atom is -0.495 e. The minimum atomic E-state index is -4.00. The average Bonchev–Trinajstić information content (AvgIpc) is 2.52. The van der Waals surface area contributed by atoms with Gasteiger partial charge in [-0.2, -0.15) is 0 Å². The summed E-state index contributed by atoms with van der Waals surface area (Å²) in [7, 11) is -6.53. The zero-order valence-corrected chi connectivity index (χ0v) is 15.5. The summed E-state index contributed by atoms with van der Waals surface area (Å²) in [5, 5.41) is 5.05. The molecule has 138 valence electrons. The fourth-order valence-electron chi connectivity index (χ4n) is 1.86. The molecular formula is C14H24N2O6S2. The van der Waals surface area contributed by atoms with E-state index < -0.39 is 20.0 Å². The van der Waals surface area contributed by atoms with E-state index in [0.29, 0.717) is 19.6 Å². The van der Waals surface area contributed by atoms with Gasteiger partial charge in [0, 0.05) is 25.8 Å². The number of hydrogen-bond donors (Lipinski definition) is 2. The molecule has 10 heteroatoms. The first-order valence-corrected chi connectivity index (χ1v) is 10.5. The van der Waals surface area contributed by atoms with Gasteiger partial charge in [-0.15, -0.1) is 0 Å². The van der Waals surface area contributed by atoms with Crippen molar-refractivity contribution in [1.82, 2.24) is 4.72 Å². The van der Waals surface area contributed by atoms with Crippen LogP contribution in [0.2, 0.25) is 0 Å². The second-order valence-corrected chi connectivity index (χ2v) is 8.37. The molecule has 0 aromatic heterocycles. The number of primary sulfonamides is 1. The summed E-state index contributed by atoms with van der Waals surface area (Å²) in [6.45, 7) is 3.41. The van der Waals surface area contributed by atoms with Gasteiger partial charge in [0.05, 0.1) is 12.0 Å². The molecule has 0 fully saturated rings. The lowest BCUT2D eigenvalue weighted by molar-refractivity contribution is 0.130. The molecule has 0 saturated heterocycles. The van der Waals surface area contributed by atoms with Crippen LogP contribution in [0.15, 0.2) is 28.0 Å². The van der Waals surface area contributed by atoms with Crippen molar-refractivity contribution in [2.75, 3.05) is 26.9 Å². The smallest absolute Gasteiger partial charge is 0.241 e. The van der Waals surface area contributed by atoms with Crippen molar-refractivity contribution in [2.24, 2.45) is 5.14 Å². The number of nitrogens with two attached hydrogens (primary N) is 1. The number of methoxy groups -OCH3 is 1. The third-order valence-electron chi connectivity index (χ3n) is 3.15. The zero-order valence-electron chi connectivity index (χ0n) is 13.8. The summed E-state index contributed by atoms with van der Waals surface area (Å²) in [5.74, 6) is -0.122. The molecule has 0 saturated carbocycles. The summed E-state index contributed by atoms with van der Waals surface area (Å²) < 4.78 is 59.9. The molecule has 0 aliphatic heterocycles. The first kappa shape index (κ1) is 20.8. The zero-order chi connectivity index (χ0) is 18.2. The number of ether oxygens (including phenoxy) is 2. The quantitative estimate of drug-likeness (QED) is 0.548. The Morgan fingerprint density at radius 1 is 1.12 bits per heavy atom. The van der Waals surface area contributed by atoms with Crippen molar-refractivity contribution in [1.29, 1.82) is 0 Å². The molecule has 0 spiro atoms. The number of sulfonamides is 2. The van der Waals surface area contributed by atoms with Gasteiger partial charge in [-0.05, 0) is 25.0 Å². The molecule has 0 aliphatic carbocycles. The van der Waals surface area contributed by atoms with Crippen LogP contribution in [0.3, 0.4) is 0 Å². The van der Waals surface area contributed by atoms with Gasteiger partial charge in [-0.1, -0.05) is 13.3 Å². The van der Waals surface area contributed by atoms with Gasteiger partial charge in [0.1, 0.15) is 10.6 Å². The second kappa shape index (κ2) is 9.33. The second-order valence-electron chi connectivity index (χ2n) is 5.07. The summed E-state index contributed by atoms with van der Waals surface area (Å²) >= 11 is 0. The van der Waals surface area contributed by atoms with Crippen molar-refractivity contribution in [3.63, 3.8) is 0 Å². The van der Waals surface area contributed by atoms with Gasteiger partial charge in [0.15, 0.2) is 0 Å². The van der Waals surface area contributed by atoms with Gasteiger partial charge < -0.3 is 9.47 Å². The van der Waals surface area contributed by atoms with Crippen LogP contribution in [-0.4, -0.2) is 43.7 Å². The van der Waals surface area contributed by atoms with Crippen LogP contribution in [-0.2, 0) is 24.8 Å². The highest BCUT2D eigenvalue weighted by Gasteiger charge is 2.20. The number of benzene rings is 1. The Morgan fingerprint density at radius 2 is 1.79 bits per heavy atom. The lowest BCUT2D eigenvalue weighted by Crippen LogP contribution is -2.26. The molecule has 8 nitrogen and oxygen atoms in total. The maximum Gasteiger partial charge on any atom is 0.241 e.